The molecule has 2 heterocycles. The summed E-state index contributed by atoms with van der Waals surface area (Å²) in [6.07, 6.45) is 7.04. The Balaban J connectivity index is 1.85. The number of thiol groups is 1. The highest BCUT2D eigenvalue weighted by Gasteiger charge is 2.25. The molecule has 152 valence electrons. The van der Waals surface area contributed by atoms with Gasteiger partial charge in [-0.05, 0) is 23.6 Å². The van der Waals surface area contributed by atoms with Crippen LogP contribution in [0.25, 0.3) is 5.70 Å². The summed E-state index contributed by atoms with van der Waals surface area (Å²) in [5.41, 5.74) is 3.16. The van der Waals surface area contributed by atoms with Gasteiger partial charge < -0.3 is 14.4 Å². The van der Waals surface area contributed by atoms with Gasteiger partial charge in [0, 0.05) is 11.8 Å². The zero-order valence-corrected chi connectivity index (χ0v) is 16.9. The monoisotopic (exact) mass is 416 g/mol. The molecule has 1 N–H and O–H groups in total. The Morgan fingerprint density at radius 3 is 2.48 bits per heavy atom. The van der Waals surface area contributed by atoms with E-state index in [1.165, 1.54) is 14.2 Å². The summed E-state index contributed by atoms with van der Waals surface area (Å²) in [5.74, 6) is 2.59. The van der Waals surface area contributed by atoms with Crippen LogP contribution in [-0.4, -0.2) is 43.2 Å². The predicted octanol–water partition coefficient (Wildman–Crippen LogP) is 0.511. The van der Waals surface area contributed by atoms with Crippen LogP contribution in [0, 0.1) is 12.3 Å². The number of hydrogen-bond donors (Lipinski definition) is 2. The van der Waals surface area contributed by atoms with E-state index in [0.29, 0.717) is 36.7 Å². The highest BCUT2D eigenvalue weighted by Crippen LogP contribution is 2.35. The van der Waals surface area contributed by atoms with Crippen LogP contribution in [0.15, 0.2) is 24.9 Å². The summed E-state index contributed by atoms with van der Waals surface area (Å²) in [4.78, 5) is 13.2. The zero-order chi connectivity index (χ0) is 21.1. The Bertz CT molecular complexity index is 1040. The van der Waals surface area contributed by atoms with Crippen molar-refractivity contribution in [3.05, 3.63) is 47.3 Å². The maximum atomic E-state index is 11.6. The molecule has 10 heteroatoms. The molecule has 1 aromatic heterocycles. The molecule has 29 heavy (non-hydrogen) atoms. The van der Waals surface area contributed by atoms with Gasteiger partial charge in [-0.1, -0.05) is 6.58 Å². The first-order valence-corrected chi connectivity index (χ1v) is 9.70. The molecule has 0 spiro atoms. The lowest BCUT2D eigenvalue weighted by Crippen LogP contribution is -2.24. The van der Waals surface area contributed by atoms with Crippen LogP contribution in [0.3, 0.4) is 0 Å². The molecule has 1 aliphatic rings. The number of nitrogens with one attached hydrogen (secondary N) is 1. The molecule has 1 aromatic carbocycles. The highest BCUT2D eigenvalue weighted by molar-refractivity contribution is 7.70. The van der Waals surface area contributed by atoms with Gasteiger partial charge in [-0.3, -0.25) is 14.2 Å². The van der Waals surface area contributed by atoms with Crippen LogP contribution in [0.5, 0.6) is 11.5 Å². The van der Waals surface area contributed by atoms with Gasteiger partial charge in [0.05, 0.1) is 50.8 Å². The molecular weight excluding hydrogens is 396 g/mol. The fourth-order valence-electron chi connectivity index (χ4n) is 3.23. The molecule has 0 fully saturated rings. The SMILES string of the molecule is C#CC(=O)N1Cc2cn(Cc3cc(OC)c(C(=C)N[SH](=O)=O)c(OC)c3)nc2C1. The molecule has 0 bridgehead atoms. The lowest BCUT2D eigenvalue weighted by molar-refractivity contribution is -0.125. The number of aromatic nitrogens is 2. The van der Waals surface area contributed by atoms with Crippen molar-refractivity contribution >= 4 is 22.5 Å². The topological polar surface area (TPSA) is 103 Å². The molecule has 0 aliphatic carbocycles. The number of fused-ring (bicyclic) bond motifs is 1. The first-order valence-electron chi connectivity index (χ1n) is 8.52. The fraction of sp³-hybridized carbons (Fsp3) is 0.263. The van der Waals surface area contributed by atoms with Crippen LogP contribution in [0.1, 0.15) is 22.4 Å². The third kappa shape index (κ3) is 4.20. The number of terminal acetylenes is 1. The summed E-state index contributed by atoms with van der Waals surface area (Å²) < 4.78 is 36.8. The van der Waals surface area contributed by atoms with Crippen molar-refractivity contribution < 1.29 is 22.7 Å². The molecule has 3 rings (SSSR count). The lowest BCUT2D eigenvalue weighted by atomic mass is 10.1. The molecule has 9 nitrogen and oxygen atoms in total. The summed E-state index contributed by atoms with van der Waals surface area (Å²) in [6, 6.07) is 3.53. The van der Waals surface area contributed by atoms with Crippen molar-refractivity contribution in [3.63, 3.8) is 0 Å². The predicted molar refractivity (Wildman–Crippen MR) is 106 cm³/mol. The number of carbonyl (C=O) groups excluding carboxylic acids is 1. The van der Waals surface area contributed by atoms with Crippen LogP contribution in [0.4, 0.5) is 0 Å². The van der Waals surface area contributed by atoms with E-state index in [1.807, 2.05) is 6.20 Å². The minimum absolute atomic E-state index is 0.151. The largest absolute Gasteiger partial charge is 0.496 e. The molecule has 1 amide bonds. The average Bonchev–Trinajstić information content (AvgIpc) is 3.24. The van der Waals surface area contributed by atoms with E-state index in [1.54, 1.807) is 21.7 Å². The van der Waals surface area contributed by atoms with E-state index in [0.717, 1.165) is 16.8 Å². The van der Waals surface area contributed by atoms with Crippen LogP contribution in [-0.2, 0) is 35.3 Å². The van der Waals surface area contributed by atoms with E-state index < -0.39 is 10.9 Å². The summed E-state index contributed by atoms with van der Waals surface area (Å²) in [5, 5.41) is 4.52. The van der Waals surface area contributed by atoms with Crippen molar-refractivity contribution in [1.29, 1.82) is 0 Å². The second kappa shape index (κ2) is 8.28. The number of rotatable bonds is 7. The second-order valence-corrected chi connectivity index (χ2v) is 7.06. The first kappa shape index (κ1) is 20.3. The van der Waals surface area contributed by atoms with Gasteiger partial charge in [0.25, 0.3) is 5.91 Å². The van der Waals surface area contributed by atoms with E-state index in [9.17, 15) is 13.2 Å². The number of amides is 1. The van der Waals surface area contributed by atoms with Gasteiger partial charge >= 0.3 is 0 Å². The minimum atomic E-state index is -2.87. The average molecular weight is 416 g/mol. The van der Waals surface area contributed by atoms with Gasteiger partial charge in [0.2, 0.25) is 10.9 Å². The molecule has 0 radical (unpaired) electrons. The number of nitrogens with zero attached hydrogens (tertiary/aromatic N) is 3. The molecule has 0 saturated carbocycles. The quantitative estimate of drug-likeness (QED) is 0.504. The van der Waals surface area contributed by atoms with Gasteiger partial charge in [-0.2, -0.15) is 5.10 Å². The standard InChI is InChI=1S/C19H20N4O5S/c1-5-18(24)22-9-14-10-23(20-15(14)11-22)8-13-6-16(27-3)19(17(7-13)28-4)12(2)21-29(25)26/h1,6-7,10,29H,2,8-9,11H2,3-4H3,(H,21,25,26). The Hall–Kier alpha value is -3.45. The first-order chi connectivity index (χ1) is 13.9. The van der Waals surface area contributed by atoms with Gasteiger partial charge in [-0.25, -0.2) is 8.42 Å². The van der Waals surface area contributed by atoms with Crippen LogP contribution in [0.2, 0.25) is 0 Å². The fourth-order valence-corrected chi connectivity index (χ4v) is 3.57. The van der Waals surface area contributed by atoms with E-state index in [2.05, 4.69) is 22.3 Å². The number of carbonyl (C=O) groups is 1. The summed E-state index contributed by atoms with van der Waals surface area (Å²) >= 11 is 0. The van der Waals surface area contributed by atoms with E-state index >= 15 is 0 Å². The van der Waals surface area contributed by atoms with Crippen LogP contribution < -0.4 is 14.2 Å². The molecule has 0 saturated heterocycles. The number of ether oxygens (including phenoxy) is 2. The maximum absolute atomic E-state index is 11.6. The molecule has 1 aliphatic heterocycles. The summed E-state index contributed by atoms with van der Waals surface area (Å²) in [6.45, 7) is 4.99. The van der Waals surface area contributed by atoms with Crippen molar-refractivity contribution in [2.75, 3.05) is 14.2 Å². The van der Waals surface area contributed by atoms with Crippen LogP contribution >= 0.6 is 0 Å². The zero-order valence-electron chi connectivity index (χ0n) is 16.0. The Labute approximate surface area is 170 Å². The van der Waals surface area contributed by atoms with E-state index in [4.69, 9.17) is 15.9 Å². The smallest absolute Gasteiger partial charge is 0.298 e. The van der Waals surface area contributed by atoms with Crippen molar-refractivity contribution in [1.82, 2.24) is 19.4 Å². The van der Waals surface area contributed by atoms with Crippen molar-refractivity contribution in [2.45, 2.75) is 19.6 Å². The number of benzene rings is 1. The normalized spacial score (nSPS) is 12.4. The third-order valence-corrected chi connectivity index (χ3v) is 4.93. The molecule has 0 atom stereocenters. The maximum Gasteiger partial charge on any atom is 0.298 e. The van der Waals surface area contributed by atoms with Gasteiger partial charge in [-0.15, -0.1) is 6.42 Å². The number of hydrogen-bond acceptors (Lipinski definition) is 6. The number of methoxy groups -OCH3 is 2. The molecular formula is C19H20N4O5S. The lowest BCUT2D eigenvalue weighted by Gasteiger charge is -2.17. The van der Waals surface area contributed by atoms with Gasteiger partial charge in [0.1, 0.15) is 11.5 Å². The minimum Gasteiger partial charge on any atom is -0.496 e. The van der Waals surface area contributed by atoms with E-state index in [-0.39, 0.29) is 11.6 Å². The Morgan fingerprint density at radius 1 is 1.31 bits per heavy atom. The Morgan fingerprint density at radius 2 is 1.97 bits per heavy atom. The summed E-state index contributed by atoms with van der Waals surface area (Å²) in [7, 11) is 0.0894. The van der Waals surface area contributed by atoms with Crippen molar-refractivity contribution in [3.8, 4) is 23.8 Å². The van der Waals surface area contributed by atoms with Crippen molar-refractivity contribution in [2.24, 2.45) is 0 Å². The molecule has 2 aromatic rings. The second-order valence-electron chi connectivity index (χ2n) is 6.33. The van der Waals surface area contributed by atoms with Gasteiger partial charge in [0.15, 0.2) is 0 Å². The third-order valence-electron chi connectivity index (χ3n) is 4.48. The highest BCUT2D eigenvalue weighted by atomic mass is 32.2. The Kier molecular flexibility index (Phi) is 5.79. The molecule has 0 unspecified atom stereocenters.